The van der Waals surface area contributed by atoms with Crippen LogP contribution in [0.3, 0.4) is 0 Å². The van der Waals surface area contributed by atoms with E-state index in [9.17, 15) is 9.59 Å². The Kier molecular flexibility index (Phi) is 6.47. The predicted octanol–water partition coefficient (Wildman–Crippen LogP) is 4.35. The Bertz CT molecular complexity index is 975. The highest BCUT2D eigenvalue weighted by atomic mass is 16.5. The number of nitrogens with one attached hydrogen (secondary N) is 2. The van der Waals surface area contributed by atoms with Gasteiger partial charge in [0.05, 0.1) is 12.8 Å². The first-order valence-corrected chi connectivity index (χ1v) is 9.14. The molecule has 29 heavy (non-hydrogen) atoms. The maximum Gasteiger partial charge on any atom is 0.265 e. The Morgan fingerprint density at radius 2 is 1.52 bits per heavy atom. The highest BCUT2D eigenvalue weighted by Crippen LogP contribution is 2.26. The number of hydrogen-bond acceptors (Lipinski definition) is 4. The van der Waals surface area contributed by atoms with Gasteiger partial charge in [-0.05, 0) is 49.4 Å². The first kappa shape index (κ1) is 19.9. The first-order chi connectivity index (χ1) is 14.1. The van der Waals surface area contributed by atoms with Crippen molar-refractivity contribution in [3.63, 3.8) is 0 Å². The summed E-state index contributed by atoms with van der Waals surface area (Å²) >= 11 is 0. The molecule has 0 aliphatic carbocycles. The lowest BCUT2D eigenvalue weighted by Crippen LogP contribution is -2.30. The normalized spacial score (nSPS) is 11.2. The van der Waals surface area contributed by atoms with E-state index in [0.29, 0.717) is 28.4 Å². The third-order valence-corrected chi connectivity index (χ3v) is 4.18. The van der Waals surface area contributed by atoms with Gasteiger partial charge in [0.25, 0.3) is 11.8 Å². The van der Waals surface area contributed by atoms with Crippen molar-refractivity contribution in [2.75, 3.05) is 17.7 Å². The van der Waals surface area contributed by atoms with Gasteiger partial charge in [0, 0.05) is 11.3 Å². The molecule has 0 saturated heterocycles. The van der Waals surface area contributed by atoms with Crippen molar-refractivity contribution in [2.24, 2.45) is 0 Å². The van der Waals surface area contributed by atoms with Crippen LogP contribution >= 0.6 is 0 Å². The third kappa shape index (κ3) is 5.35. The minimum atomic E-state index is -0.732. The van der Waals surface area contributed by atoms with Gasteiger partial charge < -0.3 is 20.1 Å². The van der Waals surface area contributed by atoms with Gasteiger partial charge in [0.15, 0.2) is 6.10 Å². The molecular formula is C23H22N2O4. The molecule has 6 nitrogen and oxygen atoms in total. The Balaban J connectivity index is 1.73. The number of rotatable bonds is 7. The van der Waals surface area contributed by atoms with Crippen LogP contribution in [0.1, 0.15) is 17.3 Å². The Morgan fingerprint density at radius 3 is 2.17 bits per heavy atom. The van der Waals surface area contributed by atoms with E-state index in [-0.39, 0.29) is 11.8 Å². The fraction of sp³-hybridized carbons (Fsp3) is 0.130. The van der Waals surface area contributed by atoms with E-state index in [4.69, 9.17) is 9.47 Å². The largest absolute Gasteiger partial charge is 0.495 e. The summed E-state index contributed by atoms with van der Waals surface area (Å²) in [5.74, 6) is 0.398. The quantitative estimate of drug-likeness (QED) is 0.629. The molecule has 0 fully saturated rings. The maximum absolute atomic E-state index is 12.6. The van der Waals surface area contributed by atoms with E-state index < -0.39 is 6.10 Å². The molecule has 0 aliphatic heterocycles. The highest BCUT2D eigenvalue weighted by molar-refractivity contribution is 6.06. The standard InChI is InChI=1S/C23H22N2O4/c1-16(29-19-11-7-4-8-12-19)22(26)25-20-15-17(13-14-21(20)28-2)23(27)24-18-9-5-3-6-10-18/h3-16H,1-2H3,(H,24,27)(H,25,26). The highest BCUT2D eigenvalue weighted by Gasteiger charge is 2.18. The SMILES string of the molecule is COc1ccc(C(=O)Nc2ccccc2)cc1NC(=O)C(C)Oc1ccccc1. The van der Waals surface area contributed by atoms with Crippen LogP contribution in [0.5, 0.6) is 11.5 Å². The summed E-state index contributed by atoms with van der Waals surface area (Å²) < 4.78 is 11.0. The number of benzene rings is 3. The molecule has 6 heteroatoms. The molecule has 3 aromatic rings. The summed E-state index contributed by atoms with van der Waals surface area (Å²) in [6.45, 7) is 1.65. The molecule has 0 saturated carbocycles. The van der Waals surface area contributed by atoms with Crippen LogP contribution < -0.4 is 20.1 Å². The van der Waals surface area contributed by atoms with Crippen molar-refractivity contribution in [1.82, 2.24) is 0 Å². The zero-order valence-electron chi connectivity index (χ0n) is 16.2. The van der Waals surface area contributed by atoms with Gasteiger partial charge >= 0.3 is 0 Å². The summed E-state index contributed by atoms with van der Waals surface area (Å²) in [7, 11) is 1.50. The number of ether oxygens (including phenoxy) is 2. The Morgan fingerprint density at radius 1 is 0.862 bits per heavy atom. The smallest absolute Gasteiger partial charge is 0.265 e. The minimum absolute atomic E-state index is 0.289. The second-order valence-corrected chi connectivity index (χ2v) is 6.30. The number of methoxy groups -OCH3 is 1. The van der Waals surface area contributed by atoms with Crippen LogP contribution in [0, 0.1) is 0 Å². The summed E-state index contributed by atoms with van der Waals surface area (Å²) in [6.07, 6.45) is -0.732. The number of anilines is 2. The van der Waals surface area contributed by atoms with Crippen molar-refractivity contribution in [2.45, 2.75) is 13.0 Å². The molecule has 3 rings (SSSR count). The molecule has 0 spiro atoms. The topological polar surface area (TPSA) is 76.7 Å². The van der Waals surface area contributed by atoms with Crippen molar-refractivity contribution in [1.29, 1.82) is 0 Å². The van der Waals surface area contributed by atoms with E-state index in [1.54, 1.807) is 49.4 Å². The fourth-order valence-electron chi connectivity index (χ4n) is 2.66. The van der Waals surface area contributed by atoms with Crippen LogP contribution in [-0.4, -0.2) is 25.0 Å². The lowest BCUT2D eigenvalue weighted by atomic mass is 10.1. The molecule has 0 aliphatic rings. The third-order valence-electron chi connectivity index (χ3n) is 4.18. The number of carbonyl (C=O) groups is 2. The van der Waals surface area contributed by atoms with Crippen LogP contribution in [0.15, 0.2) is 78.9 Å². The van der Waals surface area contributed by atoms with E-state index in [0.717, 1.165) is 0 Å². The lowest BCUT2D eigenvalue weighted by molar-refractivity contribution is -0.122. The average molecular weight is 390 g/mol. The molecule has 1 atom stereocenters. The Hall–Kier alpha value is -3.80. The van der Waals surface area contributed by atoms with E-state index in [1.807, 2.05) is 36.4 Å². The van der Waals surface area contributed by atoms with Gasteiger partial charge in [-0.15, -0.1) is 0 Å². The molecule has 3 aromatic carbocycles. The number of hydrogen-bond donors (Lipinski definition) is 2. The molecule has 0 radical (unpaired) electrons. The van der Waals surface area contributed by atoms with Crippen LogP contribution in [0.25, 0.3) is 0 Å². The molecular weight excluding hydrogens is 368 g/mol. The molecule has 2 amide bonds. The average Bonchev–Trinajstić information content (AvgIpc) is 2.75. The second kappa shape index (κ2) is 9.41. The van der Waals surface area contributed by atoms with Crippen molar-refractivity contribution in [3.8, 4) is 11.5 Å². The van der Waals surface area contributed by atoms with Crippen LogP contribution in [0.4, 0.5) is 11.4 Å². The van der Waals surface area contributed by atoms with E-state index in [2.05, 4.69) is 10.6 Å². The summed E-state index contributed by atoms with van der Waals surface area (Å²) in [5, 5.41) is 5.59. The monoisotopic (exact) mass is 390 g/mol. The molecule has 148 valence electrons. The van der Waals surface area contributed by atoms with Gasteiger partial charge in [0.2, 0.25) is 0 Å². The molecule has 2 N–H and O–H groups in total. The van der Waals surface area contributed by atoms with Crippen molar-refractivity contribution < 1.29 is 19.1 Å². The van der Waals surface area contributed by atoms with E-state index >= 15 is 0 Å². The molecule has 1 unspecified atom stereocenters. The number of para-hydroxylation sites is 2. The van der Waals surface area contributed by atoms with Gasteiger partial charge in [-0.1, -0.05) is 36.4 Å². The maximum atomic E-state index is 12.6. The molecule has 0 heterocycles. The number of carbonyl (C=O) groups excluding carboxylic acids is 2. The first-order valence-electron chi connectivity index (χ1n) is 9.14. The van der Waals surface area contributed by atoms with Gasteiger partial charge in [-0.3, -0.25) is 9.59 Å². The van der Waals surface area contributed by atoms with Gasteiger partial charge in [-0.25, -0.2) is 0 Å². The molecule has 0 bridgehead atoms. The molecule has 0 aromatic heterocycles. The van der Waals surface area contributed by atoms with Crippen LogP contribution in [0.2, 0.25) is 0 Å². The summed E-state index contributed by atoms with van der Waals surface area (Å²) in [5.41, 5.74) is 1.46. The Labute approximate surface area is 169 Å². The van der Waals surface area contributed by atoms with Crippen LogP contribution in [-0.2, 0) is 4.79 Å². The van der Waals surface area contributed by atoms with Gasteiger partial charge in [0.1, 0.15) is 11.5 Å². The van der Waals surface area contributed by atoms with Crippen molar-refractivity contribution >= 4 is 23.2 Å². The fourth-order valence-corrected chi connectivity index (χ4v) is 2.66. The van der Waals surface area contributed by atoms with E-state index in [1.165, 1.54) is 7.11 Å². The number of amides is 2. The predicted molar refractivity (Wildman–Crippen MR) is 113 cm³/mol. The van der Waals surface area contributed by atoms with Gasteiger partial charge in [-0.2, -0.15) is 0 Å². The lowest BCUT2D eigenvalue weighted by Gasteiger charge is -2.17. The summed E-state index contributed by atoms with van der Waals surface area (Å²) in [6, 6.07) is 23.1. The minimum Gasteiger partial charge on any atom is -0.495 e. The zero-order chi connectivity index (χ0) is 20.6. The zero-order valence-corrected chi connectivity index (χ0v) is 16.2. The van der Waals surface area contributed by atoms with Crippen molar-refractivity contribution in [3.05, 3.63) is 84.4 Å². The summed E-state index contributed by atoms with van der Waals surface area (Å²) in [4.78, 5) is 25.1. The second-order valence-electron chi connectivity index (χ2n) is 6.30.